The number of aliphatic carboxylic acids is 1. The van der Waals surface area contributed by atoms with Crippen molar-refractivity contribution in [2.75, 3.05) is 5.75 Å². The van der Waals surface area contributed by atoms with E-state index in [1.807, 2.05) is 0 Å². The van der Waals surface area contributed by atoms with E-state index in [9.17, 15) is 22.7 Å². The molecule has 2 fully saturated rings. The van der Waals surface area contributed by atoms with Gasteiger partial charge in [-0.15, -0.1) is 11.8 Å². The molecule has 0 bridgehead atoms. The van der Waals surface area contributed by atoms with Crippen molar-refractivity contribution in [3.05, 3.63) is 24.1 Å². The summed E-state index contributed by atoms with van der Waals surface area (Å²) in [6.45, 7) is 0. The summed E-state index contributed by atoms with van der Waals surface area (Å²) >= 11 is 1.30. The van der Waals surface area contributed by atoms with Crippen molar-refractivity contribution in [2.45, 2.75) is 29.3 Å². The second-order valence-electron chi connectivity index (χ2n) is 5.04. The summed E-state index contributed by atoms with van der Waals surface area (Å²) in [5.41, 5.74) is 0. The molecule has 21 heavy (non-hydrogen) atoms. The third-order valence-corrected chi connectivity index (χ3v) is 6.96. The molecule has 9 heteroatoms. The number of nitrogens with zero attached hydrogens (tertiary/aromatic N) is 2. The van der Waals surface area contributed by atoms with E-state index in [2.05, 4.69) is 4.98 Å². The topological polar surface area (TPSA) is 87.6 Å². The van der Waals surface area contributed by atoms with Gasteiger partial charge in [0.05, 0.1) is 5.37 Å². The molecule has 2 aliphatic rings. The monoisotopic (exact) mass is 332 g/mol. The van der Waals surface area contributed by atoms with Gasteiger partial charge in [0.15, 0.2) is 5.82 Å². The molecule has 2 atom stereocenters. The minimum absolute atomic E-state index is 0.140. The average molecular weight is 332 g/mol. The Bertz CT molecular complexity index is 678. The van der Waals surface area contributed by atoms with Gasteiger partial charge < -0.3 is 5.11 Å². The van der Waals surface area contributed by atoms with Crippen molar-refractivity contribution in [2.24, 2.45) is 5.92 Å². The van der Waals surface area contributed by atoms with Gasteiger partial charge in [0.1, 0.15) is 6.04 Å². The minimum Gasteiger partial charge on any atom is -0.480 e. The summed E-state index contributed by atoms with van der Waals surface area (Å²) in [6.07, 6.45) is 2.91. The van der Waals surface area contributed by atoms with E-state index in [1.165, 1.54) is 24.0 Å². The molecule has 1 N–H and O–H groups in total. The molecule has 114 valence electrons. The molecular weight excluding hydrogens is 319 g/mol. The van der Waals surface area contributed by atoms with E-state index in [0.29, 0.717) is 0 Å². The van der Waals surface area contributed by atoms with Gasteiger partial charge in [-0.05, 0) is 30.9 Å². The van der Waals surface area contributed by atoms with Crippen molar-refractivity contribution >= 4 is 27.8 Å². The first-order valence-electron chi connectivity index (χ1n) is 6.41. The van der Waals surface area contributed by atoms with E-state index in [0.717, 1.165) is 23.2 Å². The third-order valence-electron chi connectivity index (χ3n) is 3.54. The van der Waals surface area contributed by atoms with Crippen LogP contribution in [0.2, 0.25) is 0 Å². The summed E-state index contributed by atoms with van der Waals surface area (Å²) < 4.78 is 40.0. The lowest BCUT2D eigenvalue weighted by molar-refractivity contribution is -0.140. The Balaban J connectivity index is 2.05. The molecule has 6 nitrogen and oxygen atoms in total. The van der Waals surface area contributed by atoms with E-state index < -0.39 is 38.3 Å². The molecule has 1 aromatic heterocycles. The first-order valence-corrected chi connectivity index (χ1v) is 8.90. The molecule has 0 amide bonds. The van der Waals surface area contributed by atoms with Crippen LogP contribution >= 0.6 is 11.8 Å². The lowest BCUT2D eigenvalue weighted by atomic mass is 10.3. The number of sulfonamides is 1. The zero-order valence-electron chi connectivity index (χ0n) is 10.8. The molecular formula is C12H13FN2O4S2. The number of pyridine rings is 1. The Labute approximate surface area is 125 Å². The number of hydrogen-bond acceptors (Lipinski definition) is 5. The van der Waals surface area contributed by atoms with Crippen LogP contribution in [0.5, 0.6) is 0 Å². The maximum absolute atomic E-state index is 13.8. The van der Waals surface area contributed by atoms with Crippen LogP contribution in [0.25, 0.3) is 0 Å². The smallest absolute Gasteiger partial charge is 0.322 e. The van der Waals surface area contributed by atoms with Crippen molar-refractivity contribution in [3.8, 4) is 0 Å². The Morgan fingerprint density at radius 2 is 2.19 bits per heavy atom. The molecule has 0 spiro atoms. The largest absolute Gasteiger partial charge is 0.480 e. The van der Waals surface area contributed by atoms with E-state index in [1.54, 1.807) is 0 Å². The fourth-order valence-corrected chi connectivity index (χ4v) is 6.18. The lowest BCUT2D eigenvalue weighted by Gasteiger charge is -2.25. The van der Waals surface area contributed by atoms with E-state index in [4.69, 9.17) is 0 Å². The van der Waals surface area contributed by atoms with Gasteiger partial charge >= 0.3 is 5.97 Å². The summed E-state index contributed by atoms with van der Waals surface area (Å²) in [5, 5.41) is 8.10. The first kappa shape index (κ1) is 14.7. The number of halogens is 1. The van der Waals surface area contributed by atoms with Crippen molar-refractivity contribution < 1.29 is 22.7 Å². The van der Waals surface area contributed by atoms with Crippen molar-refractivity contribution in [3.63, 3.8) is 0 Å². The van der Waals surface area contributed by atoms with Crippen LogP contribution in [0.4, 0.5) is 4.39 Å². The van der Waals surface area contributed by atoms with Gasteiger partial charge in [0.25, 0.3) is 10.0 Å². The Morgan fingerprint density at radius 1 is 1.48 bits per heavy atom. The number of carboxylic acids is 1. The van der Waals surface area contributed by atoms with Gasteiger partial charge in [0, 0.05) is 11.9 Å². The lowest BCUT2D eigenvalue weighted by Crippen LogP contribution is -2.46. The van der Waals surface area contributed by atoms with Gasteiger partial charge in [-0.2, -0.15) is 4.31 Å². The standard InChI is InChI=1S/C12H13FN2O4S2/c13-8-2-1-5-14-10(8)21(18,19)15-9(12(16)17)6-20-11(15)7-3-4-7/h1-2,5,7,9,11H,3-4,6H2,(H,16,17). The number of rotatable bonds is 4. The van der Waals surface area contributed by atoms with Crippen LogP contribution < -0.4 is 0 Å². The molecule has 1 aromatic rings. The highest BCUT2D eigenvalue weighted by molar-refractivity contribution is 8.01. The highest BCUT2D eigenvalue weighted by atomic mass is 32.2. The van der Waals surface area contributed by atoms with Crippen LogP contribution in [-0.4, -0.2) is 46.0 Å². The Morgan fingerprint density at radius 3 is 2.76 bits per heavy atom. The fraction of sp³-hybridized carbons (Fsp3) is 0.500. The predicted molar refractivity (Wildman–Crippen MR) is 73.6 cm³/mol. The summed E-state index contributed by atoms with van der Waals surface area (Å²) in [6, 6.07) is 1.12. The summed E-state index contributed by atoms with van der Waals surface area (Å²) in [5.74, 6) is -1.87. The number of carbonyl (C=O) groups is 1. The van der Waals surface area contributed by atoms with Crippen LogP contribution in [0, 0.1) is 11.7 Å². The van der Waals surface area contributed by atoms with Gasteiger partial charge in [-0.3, -0.25) is 4.79 Å². The molecule has 1 saturated carbocycles. The molecule has 1 saturated heterocycles. The van der Waals surface area contributed by atoms with Gasteiger partial charge in [0.2, 0.25) is 5.03 Å². The average Bonchev–Trinajstić information content (AvgIpc) is 3.16. The van der Waals surface area contributed by atoms with Crippen molar-refractivity contribution in [1.29, 1.82) is 0 Å². The predicted octanol–water partition coefficient (Wildman–Crippen LogP) is 1.15. The van der Waals surface area contributed by atoms with E-state index >= 15 is 0 Å². The number of hydrogen-bond donors (Lipinski definition) is 1. The van der Waals surface area contributed by atoms with Crippen molar-refractivity contribution in [1.82, 2.24) is 9.29 Å². The fourth-order valence-electron chi connectivity index (χ4n) is 2.38. The highest BCUT2D eigenvalue weighted by Crippen LogP contribution is 2.47. The Kier molecular flexibility index (Phi) is 3.66. The minimum atomic E-state index is -4.27. The zero-order valence-corrected chi connectivity index (χ0v) is 12.5. The van der Waals surface area contributed by atoms with Crippen LogP contribution in [0.15, 0.2) is 23.4 Å². The molecule has 1 aliphatic heterocycles. The van der Waals surface area contributed by atoms with Crippen LogP contribution in [0.3, 0.4) is 0 Å². The number of thioether (sulfide) groups is 1. The maximum atomic E-state index is 13.8. The number of carboxylic acid groups (broad SMARTS) is 1. The molecule has 2 heterocycles. The van der Waals surface area contributed by atoms with E-state index in [-0.39, 0.29) is 11.7 Å². The second kappa shape index (κ2) is 5.22. The Hall–Kier alpha value is -1.19. The van der Waals surface area contributed by atoms with Gasteiger partial charge in [-0.1, -0.05) is 0 Å². The molecule has 0 radical (unpaired) electrons. The normalized spacial score (nSPS) is 26.9. The number of aromatic nitrogens is 1. The highest BCUT2D eigenvalue weighted by Gasteiger charge is 2.52. The quantitative estimate of drug-likeness (QED) is 0.890. The van der Waals surface area contributed by atoms with Gasteiger partial charge in [-0.25, -0.2) is 17.8 Å². The summed E-state index contributed by atoms with van der Waals surface area (Å²) in [7, 11) is -4.27. The van der Waals surface area contributed by atoms with Crippen LogP contribution in [0.1, 0.15) is 12.8 Å². The molecule has 2 unspecified atom stereocenters. The maximum Gasteiger partial charge on any atom is 0.322 e. The summed E-state index contributed by atoms with van der Waals surface area (Å²) in [4.78, 5) is 14.9. The third kappa shape index (κ3) is 2.53. The molecule has 3 rings (SSSR count). The second-order valence-corrected chi connectivity index (χ2v) is 7.95. The van der Waals surface area contributed by atoms with Crippen LogP contribution in [-0.2, 0) is 14.8 Å². The SMILES string of the molecule is O=C(O)C1CSC(C2CC2)N1S(=O)(=O)c1ncccc1F. The zero-order chi connectivity index (χ0) is 15.2. The molecule has 1 aliphatic carbocycles. The first-order chi connectivity index (χ1) is 9.93. The molecule has 0 aromatic carbocycles.